The van der Waals surface area contributed by atoms with Gasteiger partial charge in [0.25, 0.3) is 0 Å². The van der Waals surface area contributed by atoms with E-state index in [1.165, 1.54) is 173 Å². The molecule has 1 amide bonds. The molecule has 0 spiro atoms. The number of allylic oxidation sites excluding steroid dienone is 7. The zero-order chi connectivity index (χ0) is 46.5. The summed E-state index contributed by atoms with van der Waals surface area (Å²) >= 11 is 0. The smallest absolute Gasteiger partial charge is 0.305 e. The first-order valence-electron chi connectivity index (χ1n) is 27.9. The molecule has 0 fully saturated rings. The molecular formula is C58H107NO5. The lowest BCUT2D eigenvalue weighted by Gasteiger charge is -2.20. The maximum absolute atomic E-state index is 12.5. The summed E-state index contributed by atoms with van der Waals surface area (Å²) in [5, 5.41) is 23.1. The van der Waals surface area contributed by atoms with E-state index < -0.39 is 12.1 Å². The number of carbonyl (C=O) groups excluding carboxylic acids is 2. The summed E-state index contributed by atoms with van der Waals surface area (Å²) < 4.78 is 5.44. The van der Waals surface area contributed by atoms with Crippen LogP contribution in [0.3, 0.4) is 0 Å². The number of esters is 1. The number of amides is 1. The molecule has 0 rings (SSSR count). The highest BCUT2D eigenvalue weighted by molar-refractivity contribution is 5.76. The largest absolute Gasteiger partial charge is 0.466 e. The molecule has 0 aliphatic rings. The molecule has 0 heterocycles. The minimum absolute atomic E-state index is 0.0464. The van der Waals surface area contributed by atoms with E-state index in [-0.39, 0.29) is 18.5 Å². The predicted octanol–water partition coefficient (Wildman–Crippen LogP) is 17.0. The van der Waals surface area contributed by atoms with Crippen LogP contribution in [0.5, 0.6) is 0 Å². The third kappa shape index (κ3) is 49.3. The van der Waals surface area contributed by atoms with Crippen LogP contribution in [0.4, 0.5) is 0 Å². The summed E-state index contributed by atoms with van der Waals surface area (Å²) in [6.45, 7) is 4.79. The lowest BCUT2D eigenvalue weighted by molar-refractivity contribution is -0.143. The SMILES string of the molecule is CCCCC/C=C\C/C=C\CCCCCCCCCC(=O)OCCCC/C=C\CCCCCCC(=O)NC(CO)C(O)/C=C/CCCCCCCCCCCCCCCCCCCC. The van der Waals surface area contributed by atoms with Crippen molar-refractivity contribution in [3.8, 4) is 0 Å². The maximum Gasteiger partial charge on any atom is 0.305 e. The molecule has 0 saturated heterocycles. The van der Waals surface area contributed by atoms with E-state index in [1.807, 2.05) is 6.08 Å². The summed E-state index contributed by atoms with van der Waals surface area (Å²) in [7, 11) is 0. The molecule has 0 aliphatic heterocycles. The quantitative estimate of drug-likeness (QED) is 0.0321. The van der Waals surface area contributed by atoms with Crippen LogP contribution in [0.25, 0.3) is 0 Å². The highest BCUT2D eigenvalue weighted by Crippen LogP contribution is 2.16. The lowest BCUT2D eigenvalue weighted by atomic mass is 10.0. The van der Waals surface area contributed by atoms with E-state index in [2.05, 4.69) is 55.6 Å². The molecular weight excluding hydrogens is 791 g/mol. The van der Waals surface area contributed by atoms with Crippen molar-refractivity contribution in [1.82, 2.24) is 5.32 Å². The second kappa shape index (κ2) is 53.4. The molecule has 0 aromatic heterocycles. The van der Waals surface area contributed by atoms with Gasteiger partial charge in [-0.15, -0.1) is 0 Å². The van der Waals surface area contributed by atoms with Crippen LogP contribution in [0.2, 0.25) is 0 Å². The Balaban J connectivity index is 3.56. The van der Waals surface area contributed by atoms with Gasteiger partial charge in [-0.05, 0) is 89.9 Å². The van der Waals surface area contributed by atoms with Crippen molar-refractivity contribution < 1.29 is 24.5 Å². The van der Waals surface area contributed by atoms with Gasteiger partial charge in [0.1, 0.15) is 0 Å². The average molecular weight is 898 g/mol. The zero-order valence-electron chi connectivity index (χ0n) is 42.5. The minimum Gasteiger partial charge on any atom is -0.466 e. The molecule has 0 aromatic rings. The molecule has 0 saturated carbocycles. The first-order chi connectivity index (χ1) is 31.5. The van der Waals surface area contributed by atoms with Crippen LogP contribution in [0.1, 0.15) is 284 Å². The van der Waals surface area contributed by atoms with E-state index in [0.717, 1.165) is 83.5 Å². The molecule has 374 valence electrons. The second-order valence-electron chi connectivity index (χ2n) is 18.9. The third-order valence-electron chi connectivity index (χ3n) is 12.6. The fraction of sp³-hybridized carbons (Fsp3) is 0.828. The molecule has 2 unspecified atom stereocenters. The predicted molar refractivity (Wildman–Crippen MR) is 278 cm³/mol. The van der Waals surface area contributed by atoms with Crippen molar-refractivity contribution in [2.45, 2.75) is 296 Å². The number of rotatable bonds is 51. The number of ether oxygens (including phenoxy) is 1. The average Bonchev–Trinajstić information content (AvgIpc) is 3.29. The van der Waals surface area contributed by atoms with Crippen molar-refractivity contribution in [1.29, 1.82) is 0 Å². The minimum atomic E-state index is -0.868. The summed E-state index contributed by atoms with van der Waals surface area (Å²) in [5.41, 5.74) is 0. The van der Waals surface area contributed by atoms with Gasteiger partial charge in [-0.2, -0.15) is 0 Å². The number of carbonyl (C=O) groups is 2. The highest BCUT2D eigenvalue weighted by Gasteiger charge is 2.18. The summed E-state index contributed by atoms with van der Waals surface area (Å²) in [5.74, 6) is -0.150. The number of hydrogen-bond acceptors (Lipinski definition) is 5. The Morgan fingerprint density at radius 2 is 0.781 bits per heavy atom. The van der Waals surface area contributed by atoms with Crippen LogP contribution in [0, 0.1) is 0 Å². The van der Waals surface area contributed by atoms with Crippen molar-refractivity contribution in [2.24, 2.45) is 0 Å². The van der Waals surface area contributed by atoms with Gasteiger partial charge in [0.2, 0.25) is 5.91 Å². The van der Waals surface area contributed by atoms with Gasteiger partial charge >= 0.3 is 5.97 Å². The van der Waals surface area contributed by atoms with Crippen molar-refractivity contribution in [3.05, 3.63) is 48.6 Å². The zero-order valence-corrected chi connectivity index (χ0v) is 42.5. The van der Waals surface area contributed by atoms with Gasteiger partial charge in [-0.1, -0.05) is 229 Å². The van der Waals surface area contributed by atoms with Crippen LogP contribution in [0.15, 0.2) is 48.6 Å². The van der Waals surface area contributed by atoms with E-state index in [9.17, 15) is 19.8 Å². The van der Waals surface area contributed by atoms with Crippen LogP contribution < -0.4 is 5.32 Å². The summed E-state index contributed by atoms with van der Waals surface area (Å²) in [6, 6.07) is -0.655. The molecule has 0 aromatic carbocycles. The number of unbranched alkanes of at least 4 members (excludes halogenated alkanes) is 34. The maximum atomic E-state index is 12.5. The molecule has 3 N–H and O–H groups in total. The second-order valence-corrected chi connectivity index (χ2v) is 18.9. The van der Waals surface area contributed by atoms with Gasteiger partial charge in [-0.25, -0.2) is 0 Å². The third-order valence-corrected chi connectivity index (χ3v) is 12.6. The Kier molecular flexibility index (Phi) is 51.6. The number of aliphatic hydroxyl groups excluding tert-OH is 2. The highest BCUT2D eigenvalue weighted by atomic mass is 16.5. The molecule has 0 bridgehead atoms. The lowest BCUT2D eigenvalue weighted by Crippen LogP contribution is -2.45. The molecule has 64 heavy (non-hydrogen) atoms. The van der Waals surface area contributed by atoms with E-state index >= 15 is 0 Å². The molecule has 2 atom stereocenters. The first-order valence-corrected chi connectivity index (χ1v) is 27.9. The van der Waals surface area contributed by atoms with Crippen LogP contribution in [-0.2, 0) is 14.3 Å². The van der Waals surface area contributed by atoms with E-state index in [1.54, 1.807) is 6.08 Å². The van der Waals surface area contributed by atoms with Crippen LogP contribution >= 0.6 is 0 Å². The van der Waals surface area contributed by atoms with Crippen molar-refractivity contribution in [3.63, 3.8) is 0 Å². The van der Waals surface area contributed by atoms with E-state index in [0.29, 0.717) is 19.4 Å². The van der Waals surface area contributed by atoms with E-state index in [4.69, 9.17) is 4.74 Å². The Labute approximate surface area is 397 Å². The van der Waals surface area contributed by atoms with Crippen molar-refractivity contribution >= 4 is 11.9 Å². The standard InChI is InChI=1S/C58H107NO5/c1-3-5-7-9-11-13-15-17-19-21-22-23-25-26-28-30-34-38-42-46-50-56(61)55(54-60)59-57(62)51-47-43-39-35-32-33-37-41-45-49-53-64-58(63)52-48-44-40-36-31-29-27-24-20-18-16-14-12-10-8-6-4-2/h12,14,18,20,33,37,46,50,55-56,60-61H,3-11,13,15-17,19,21-32,34-36,38-45,47-49,51-54H2,1-2H3,(H,59,62)/b14-12-,20-18-,37-33-,50-46+. The van der Waals surface area contributed by atoms with Gasteiger partial charge in [0.05, 0.1) is 25.4 Å². The monoisotopic (exact) mass is 898 g/mol. The van der Waals surface area contributed by atoms with Gasteiger partial charge in [0.15, 0.2) is 0 Å². The molecule has 6 heteroatoms. The normalized spacial score (nSPS) is 13.0. The molecule has 0 radical (unpaired) electrons. The summed E-state index contributed by atoms with van der Waals surface area (Å²) in [4.78, 5) is 24.5. The fourth-order valence-corrected chi connectivity index (χ4v) is 8.25. The Bertz CT molecular complexity index is 1080. The topological polar surface area (TPSA) is 95.9 Å². The van der Waals surface area contributed by atoms with Gasteiger partial charge in [-0.3, -0.25) is 9.59 Å². The van der Waals surface area contributed by atoms with Gasteiger partial charge < -0.3 is 20.3 Å². The number of aliphatic hydroxyl groups is 2. The molecule has 6 nitrogen and oxygen atoms in total. The Hall–Kier alpha value is -2.18. The fourth-order valence-electron chi connectivity index (χ4n) is 8.25. The van der Waals surface area contributed by atoms with Crippen molar-refractivity contribution in [2.75, 3.05) is 13.2 Å². The molecule has 0 aliphatic carbocycles. The number of nitrogens with one attached hydrogen (secondary N) is 1. The van der Waals surface area contributed by atoms with Crippen LogP contribution in [-0.4, -0.2) is 47.4 Å². The Morgan fingerprint density at radius 3 is 1.23 bits per heavy atom. The summed E-state index contributed by atoms with van der Waals surface area (Å²) in [6.07, 6.45) is 67.0. The first kappa shape index (κ1) is 61.8. The van der Waals surface area contributed by atoms with Gasteiger partial charge in [0, 0.05) is 12.8 Å². The number of hydrogen-bond donors (Lipinski definition) is 3. The Morgan fingerprint density at radius 1 is 0.438 bits per heavy atom.